The van der Waals surface area contributed by atoms with Crippen LogP contribution in [0.4, 0.5) is 0 Å². The number of carbonyl (C=O) groups is 2. The molecule has 0 unspecified atom stereocenters. The molecule has 1 aliphatic carbocycles. The van der Waals surface area contributed by atoms with Gasteiger partial charge in [0.25, 0.3) is 0 Å². The van der Waals surface area contributed by atoms with Crippen molar-refractivity contribution in [3.8, 4) is 11.5 Å². The number of ether oxygens (including phenoxy) is 4. The minimum absolute atomic E-state index is 0.0292. The van der Waals surface area contributed by atoms with E-state index in [1.165, 1.54) is 0 Å². The zero-order valence-corrected chi connectivity index (χ0v) is 28.9. The second-order valence-electron chi connectivity index (χ2n) is 11.9. The van der Waals surface area contributed by atoms with E-state index in [0.29, 0.717) is 64.6 Å². The number of benzene rings is 3. The Kier molecular flexibility index (Phi) is 11.7. The lowest BCUT2D eigenvalue weighted by atomic mass is 9.92. The van der Waals surface area contributed by atoms with Gasteiger partial charge in [0.2, 0.25) is 5.91 Å². The van der Waals surface area contributed by atoms with E-state index in [-0.39, 0.29) is 32.3 Å². The van der Waals surface area contributed by atoms with Gasteiger partial charge in [0.1, 0.15) is 31.1 Å². The maximum absolute atomic E-state index is 13.7. The highest BCUT2D eigenvalue weighted by molar-refractivity contribution is 6.37. The van der Waals surface area contributed by atoms with Crippen LogP contribution < -0.4 is 15.2 Å². The van der Waals surface area contributed by atoms with E-state index in [9.17, 15) is 9.59 Å². The maximum atomic E-state index is 13.7. The average Bonchev–Trinajstić information content (AvgIpc) is 3.87. The number of rotatable bonds is 15. The molecule has 2 aliphatic rings. The van der Waals surface area contributed by atoms with Crippen LogP contribution in [-0.2, 0) is 32.1 Å². The first-order valence-corrected chi connectivity index (χ1v) is 16.8. The molecule has 8 nitrogen and oxygen atoms in total. The van der Waals surface area contributed by atoms with Gasteiger partial charge in [-0.05, 0) is 91.6 Å². The number of esters is 1. The number of primary amides is 1. The molecule has 3 aromatic rings. The Hall–Kier alpha value is -3.27. The molecule has 0 aromatic heterocycles. The van der Waals surface area contributed by atoms with Crippen LogP contribution in [0, 0.1) is 6.92 Å². The van der Waals surface area contributed by atoms with Gasteiger partial charge in [-0.25, -0.2) is 4.79 Å². The van der Waals surface area contributed by atoms with Crippen LogP contribution in [0.1, 0.15) is 47.9 Å². The molecule has 1 saturated carbocycles. The van der Waals surface area contributed by atoms with Crippen molar-refractivity contribution < 1.29 is 28.5 Å². The van der Waals surface area contributed by atoms with Crippen LogP contribution >= 0.6 is 34.8 Å². The molecule has 2 N–H and O–H groups in total. The number of nitrogens with two attached hydrogens (primary N) is 1. The summed E-state index contributed by atoms with van der Waals surface area (Å²) < 4.78 is 22.7. The molecule has 0 atom stereocenters. The number of hydrogen-bond acceptors (Lipinski definition) is 7. The number of aryl methyl sites for hydroxylation is 2. The monoisotopic (exact) mass is 700 g/mol. The largest absolute Gasteiger partial charge is 0.490 e. The molecule has 0 bridgehead atoms. The van der Waals surface area contributed by atoms with E-state index in [1.807, 2.05) is 54.3 Å². The average molecular weight is 702 g/mol. The minimum Gasteiger partial charge on any atom is -0.490 e. The zero-order valence-electron chi connectivity index (χ0n) is 26.6. The van der Waals surface area contributed by atoms with Gasteiger partial charge in [-0.1, -0.05) is 59.1 Å². The van der Waals surface area contributed by atoms with Gasteiger partial charge < -0.3 is 24.7 Å². The van der Waals surface area contributed by atoms with Crippen molar-refractivity contribution in [3.63, 3.8) is 0 Å². The first-order valence-electron chi connectivity index (χ1n) is 15.6. The standard InChI is InChI=1S/C36H39Cl3N2O6/c1-23-18-31(38)33(32(39)19-23)46-17-16-45-27-8-6-25(7-9-27)28-11-14-41(36(12-13-36)35(40)43)21-29(28)34(42)47-22-26-20-24(4-3-15-44-2)5-10-30(26)37/h5-10,18-20H,3-4,11-17,21-22H2,1-2H3,(H2,40,43). The fraction of sp³-hybridized carbons (Fsp3) is 0.389. The summed E-state index contributed by atoms with van der Waals surface area (Å²) in [6.45, 7) is 4.00. The summed E-state index contributed by atoms with van der Waals surface area (Å²) in [6, 6.07) is 16.9. The summed E-state index contributed by atoms with van der Waals surface area (Å²) in [5.41, 5.74) is 10.1. The van der Waals surface area contributed by atoms with E-state index in [1.54, 1.807) is 19.2 Å². The molecule has 1 aliphatic heterocycles. The first kappa shape index (κ1) is 35.0. The summed E-state index contributed by atoms with van der Waals surface area (Å²) in [4.78, 5) is 28.1. The molecular weight excluding hydrogens is 663 g/mol. The van der Waals surface area contributed by atoms with Crippen molar-refractivity contribution >= 4 is 52.3 Å². The van der Waals surface area contributed by atoms with Crippen LogP contribution in [-0.4, -0.2) is 62.3 Å². The second-order valence-corrected chi connectivity index (χ2v) is 13.1. The molecule has 0 radical (unpaired) electrons. The number of carbonyl (C=O) groups excluding carboxylic acids is 2. The number of methoxy groups -OCH3 is 1. The van der Waals surface area contributed by atoms with Crippen LogP contribution in [0.5, 0.6) is 11.5 Å². The van der Waals surface area contributed by atoms with Crippen LogP contribution in [0.15, 0.2) is 60.2 Å². The minimum atomic E-state index is -0.705. The number of amides is 1. The van der Waals surface area contributed by atoms with Crippen molar-refractivity contribution in [1.82, 2.24) is 4.90 Å². The van der Waals surface area contributed by atoms with Gasteiger partial charge in [0.15, 0.2) is 5.75 Å². The smallest absolute Gasteiger partial charge is 0.335 e. The van der Waals surface area contributed by atoms with Crippen LogP contribution in [0.2, 0.25) is 15.1 Å². The van der Waals surface area contributed by atoms with E-state index in [0.717, 1.165) is 40.7 Å². The number of hydrogen-bond donors (Lipinski definition) is 1. The summed E-state index contributed by atoms with van der Waals surface area (Å²) in [5.74, 6) is 0.267. The SMILES string of the molecule is COCCCc1ccc(Cl)c(COC(=O)C2=C(c3ccc(OCCOc4c(Cl)cc(C)cc4Cl)cc3)CCN(C3(C(N)=O)CC3)C2)c1. The van der Waals surface area contributed by atoms with Crippen molar-refractivity contribution in [2.75, 3.05) is 40.0 Å². The molecule has 1 fully saturated rings. The summed E-state index contributed by atoms with van der Waals surface area (Å²) in [5, 5.41) is 1.43. The van der Waals surface area contributed by atoms with Crippen molar-refractivity contribution in [2.45, 2.75) is 51.2 Å². The van der Waals surface area contributed by atoms with Crippen LogP contribution in [0.3, 0.4) is 0 Å². The molecule has 1 amide bonds. The molecule has 5 rings (SSSR count). The lowest BCUT2D eigenvalue weighted by molar-refractivity contribution is -0.141. The third-order valence-corrected chi connectivity index (χ3v) is 9.54. The topological polar surface area (TPSA) is 100 Å². The van der Waals surface area contributed by atoms with Gasteiger partial charge in [0, 0.05) is 37.4 Å². The van der Waals surface area contributed by atoms with E-state index in [2.05, 4.69) is 0 Å². The molecule has 250 valence electrons. The molecule has 0 saturated heterocycles. The highest BCUT2D eigenvalue weighted by Crippen LogP contribution is 2.44. The molecule has 3 aromatic carbocycles. The summed E-state index contributed by atoms with van der Waals surface area (Å²) in [7, 11) is 1.68. The van der Waals surface area contributed by atoms with E-state index < -0.39 is 11.5 Å². The second kappa shape index (κ2) is 15.8. The Bertz CT molecular complexity index is 1620. The van der Waals surface area contributed by atoms with E-state index >= 15 is 0 Å². The number of nitrogens with zero attached hydrogens (tertiary/aromatic N) is 1. The van der Waals surface area contributed by atoms with Gasteiger partial charge in [-0.15, -0.1) is 0 Å². The van der Waals surface area contributed by atoms with Gasteiger partial charge in [-0.3, -0.25) is 9.69 Å². The van der Waals surface area contributed by atoms with Crippen LogP contribution in [0.25, 0.3) is 5.57 Å². The predicted octanol–water partition coefficient (Wildman–Crippen LogP) is 7.21. The van der Waals surface area contributed by atoms with E-state index in [4.69, 9.17) is 59.5 Å². The fourth-order valence-corrected chi connectivity index (χ4v) is 6.77. The van der Waals surface area contributed by atoms with Crippen molar-refractivity contribution in [1.29, 1.82) is 0 Å². The molecule has 1 heterocycles. The Morgan fingerprint density at radius 2 is 1.62 bits per heavy atom. The molecule has 11 heteroatoms. The summed E-state index contributed by atoms with van der Waals surface area (Å²) >= 11 is 19.0. The quantitative estimate of drug-likeness (QED) is 0.132. The Morgan fingerprint density at radius 3 is 2.28 bits per heavy atom. The highest BCUT2D eigenvalue weighted by Gasteiger charge is 2.54. The zero-order chi connectivity index (χ0) is 33.6. The fourth-order valence-electron chi connectivity index (χ4n) is 5.90. The first-order chi connectivity index (χ1) is 22.6. The van der Waals surface area contributed by atoms with Crippen molar-refractivity contribution in [2.24, 2.45) is 5.73 Å². The maximum Gasteiger partial charge on any atom is 0.335 e. The Morgan fingerprint density at radius 1 is 0.915 bits per heavy atom. The highest BCUT2D eigenvalue weighted by atomic mass is 35.5. The van der Waals surface area contributed by atoms with Gasteiger partial charge in [-0.2, -0.15) is 0 Å². The Labute approximate surface area is 290 Å². The molecule has 47 heavy (non-hydrogen) atoms. The number of halogens is 3. The van der Waals surface area contributed by atoms with Crippen molar-refractivity contribution in [3.05, 3.63) is 97.5 Å². The van der Waals surface area contributed by atoms with Gasteiger partial charge >= 0.3 is 5.97 Å². The normalized spacial score (nSPS) is 15.8. The molecule has 0 spiro atoms. The third-order valence-electron chi connectivity index (χ3n) is 8.61. The Balaban J connectivity index is 1.28. The van der Waals surface area contributed by atoms with Gasteiger partial charge in [0.05, 0.1) is 15.6 Å². The predicted molar refractivity (Wildman–Crippen MR) is 184 cm³/mol. The lowest BCUT2D eigenvalue weighted by Gasteiger charge is -2.35. The third kappa shape index (κ3) is 8.61. The summed E-state index contributed by atoms with van der Waals surface area (Å²) in [6.07, 6.45) is 3.63. The lowest BCUT2D eigenvalue weighted by Crippen LogP contribution is -2.50. The molecular formula is C36H39Cl3N2O6.